The summed E-state index contributed by atoms with van der Waals surface area (Å²) < 4.78 is 87.9. The van der Waals surface area contributed by atoms with Crippen molar-refractivity contribution in [3.05, 3.63) is 34.4 Å². The van der Waals surface area contributed by atoms with Gasteiger partial charge in [-0.25, -0.2) is 22.0 Å². The Kier molecular flexibility index (Phi) is 8.13. The van der Waals surface area contributed by atoms with Crippen LogP contribution in [-0.4, -0.2) is 85.0 Å². The van der Waals surface area contributed by atoms with Crippen molar-refractivity contribution in [2.24, 2.45) is 5.92 Å². The van der Waals surface area contributed by atoms with Gasteiger partial charge in [0, 0.05) is 30.5 Å². The summed E-state index contributed by atoms with van der Waals surface area (Å²) in [6, 6.07) is 3.56. The number of nitrogen functional groups attached to an aromatic ring is 1. The highest BCUT2D eigenvalue weighted by molar-refractivity contribution is 7.23. The quantitative estimate of drug-likeness (QED) is 0.213. The summed E-state index contributed by atoms with van der Waals surface area (Å²) in [5.41, 5.74) is 5.00. The van der Waals surface area contributed by atoms with Crippen LogP contribution in [0.2, 0.25) is 5.02 Å². The van der Waals surface area contributed by atoms with E-state index in [4.69, 9.17) is 26.8 Å². The van der Waals surface area contributed by atoms with Crippen LogP contribution in [0.1, 0.15) is 31.2 Å². The molecule has 2 unspecified atom stereocenters. The second-order valence-corrected chi connectivity index (χ2v) is 14.6. The van der Waals surface area contributed by atoms with E-state index in [-0.39, 0.29) is 97.4 Å². The number of thiophene rings is 1. The monoisotopic (exact) mass is 719 g/mol. The van der Waals surface area contributed by atoms with Gasteiger partial charge in [-0.05, 0) is 49.9 Å². The first-order valence-electron chi connectivity index (χ1n) is 16.1. The summed E-state index contributed by atoms with van der Waals surface area (Å²) in [6.07, 6.45) is -1.30. The molecule has 0 radical (unpaired) electrons. The lowest BCUT2D eigenvalue weighted by Crippen LogP contribution is -2.47. The van der Waals surface area contributed by atoms with Crippen LogP contribution in [0.15, 0.2) is 12.1 Å². The molecule has 258 valence electrons. The van der Waals surface area contributed by atoms with Gasteiger partial charge in [0.1, 0.15) is 47.6 Å². The summed E-state index contributed by atoms with van der Waals surface area (Å²) in [5, 5.41) is 13.1. The molecule has 8 rings (SSSR count). The van der Waals surface area contributed by atoms with Gasteiger partial charge in [0.2, 0.25) is 0 Å². The van der Waals surface area contributed by atoms with Crippen molar-refractivity contribution in [3.8, 4) is 29.0 Å². The van der Waals surface area contributed by atoms with Gasteiger partial charge < -0.3 is 25.4 Å². The molecule has 0 saturated carbocycles. The number of alkyl halides is 3. The van der Waals surface area contributed by atoms with Crippen molar-refractivity contribution in [1.29, 1.82) is 5.26 Å². The average molecular weight is 720 g/mol. The van der Waals surface area contributed by atoms with Crippen LogP contribution in [-0.2, 0) is 0 Å². The molecule has 0 amide bonds. The Morgan fingerprint density at radius 2 is 2.10 bits per heavy atom. The van der Waals surface area contributed by atoms with Crippen molar-refractivity contribution in [2.75, 3.05) is 56.6 Å². The predicted octanol–water partition coefficient (Wildman–Crippen LogP) is 6.29. The third-order valence-electron chi connectivity index (χ3n) is 10.4. The Hall–Kier alpha value is -3.71. The first-order valence-corrected chi connectivity index (χ1v) is 17.3. The maximum Gasteiger partial charge on any atom is 0.319 e. The second-order valence-electron chi connectivity index (χ2n) is 13.2. The first-order chi connectivity index (χ1) is 23.6. The third-order valence-corrected chi connectivity index (χ3v) is 11.8. The number of nitrogens with one attached hydrogen (secondary N) is 1. The van der Waals surface area contributed by atoms with Gasteiger partial charge >= 0.3 is 6.01 Å². The molecule has 6 heterocycles. The molecular weight excluding hydrogens is 689 g/mol. The molecule has 16 heteroatoms. The number of fused-ring (bicyclic) bond motifs is 2. The number of nitrogens with zero attached hydrogens (tertiary/aromatic N) is 5. The van der Waals surface area contributed by atoms with Gasteiger partial charge in [0.25, 0.3) is 6.43 Å². The molecule has 3 fully saturated rings. The largest absolute Gasteiger partial charge is 0.489 e. The van der Waals surface area contributed by atoms with E-state index in [9.17, 15) is 18.4 Å². The van der Waals surface area contributed by atoms with E-state index >= 15 is 8.78 Å². The van der Waals surface area contributed by atoms with Crippen LogP contribution >= 0.6 is 22.9 Å². The van der Waals surface area contributed by atoms with E-state index < -0.39 is 42.4 Å². The zero-order valence-electron chi connectivity index (χ0n) is 26.0. The zero-order valence-corrected chi connectivity index (χ0v) is 27.6. The summed E-state index contributed by atoms with van der Waals surface area (Å²) in [7, 11) is 0. The molecule has 0 bridgehead atoms. The number of hydrogen-bond donors (Lipinski definition) is 2. The summed E-state index contributed by atoms with van der Waals surface area (Å²) in [5.74, 6) is -1.78. The van der Waals surface area contributed by atoms with E-state index in [1.807, 2.05) is 11.0 Å². The number of nitrogens with two attached hydrogens (primary N) is 1. The number of aromatic nitrogens is 2. The van der Waals surface area contributed by atoms with E-state index in [0.717, 1.165) is 23.8 Å². The molecule has 2 aromatic carbocycles. The van der Waals surface area contributed by atoms with Crippen LogP contribution < -0.4 is 25.4 Å². The van der Waals surface area contributed by atoms with E-state index in [1.165, 1.54) is 11.0 Å². The van der Waals surface area contributed by atoms with Crippen molar-refractivity contribution >= 4 is 54.7 Å². The molecule has 0 aliphatic carbocycles. The molecular formula is C33H31ClF5N7O2S. The van der Waals surface area contributed by atoms with Crippen LogP contribution in [0.4, 0.5) is 32.8 Å². The maximum absolute atomic E-state index is 17.2. The molecule has 3 saturated heterocycles. The molecule has 4 aliphatic rings. The third kappa shape index (κ3) is 5.21. The molecule has 49 heavy (non-hydrogen) atoms. The van der Waals surface area contributed by atoms with Crippen LogP contribution in [0.25, 0.3) is 32.1 Å². The fourth-order valence-electron chi connectivity index (χ4n) is 8.22. The minimum atomic E-state index is -2.78. The number of hydrogen-bond acceptors (Lipinski definition) is 10. The number of benzene rings is 2. The number of rotatable bonds is 7. The number of nitriles is 1. The standard InChI is InChI=1S/C33H31ClF5N7O2S/c34-25-23(17-2-3-19(36)29-22(17)18(9-40)30(41)49-29)26(39)27-24-28(25)47-13-20(15-4-6-42-10-15)46(12-21(37)38)31(24)44-32(43-27)48-14-33-5-1-7-45(33)11-16(35)8-33/h2-3,15-16,20-21,42H,1,4-8,10-14,41H2/t15?,16-,20?,33+/m1/s1. The molecule has 4 aliphatic heterocycles. The summed E-state index contributed by atoms with van der Waals surface area (Å²) >= 11 is 7.85. The highest BCUT2D eigenvalue weighted by atomic mass is 35.5. The fraction of sp³-hybridized carbons (Fsp3) is 0.485. The number of ether oxygens (including phenoxy) is 2. The Balaban J connectivity index is 1.36. The zero-order chi connectivity index (χ0) is 34.2. The van der Waals surface area contributed by atoms with Crippen molar-refractivity contribution in [3.63, 3.8) is 0 Å². The topological polar surface area (TPSA) is 113 Å². The molecule has 4 aromatic rings. The van der Waals surface area contributed by atoms with Gasteiger partial charge in [-0.15, -0.1) is 11.3 Å². The minimum absolute atomic E-state index is 0.0123. The lowest BCUT2D eigenvalue weighted by Gasteiger charge is -2.34. The van der Waals surface area contributed by atoms with Crippen LogP contribution in [0.3, 0.4) is 0 Å². The Labute approximate surface area is 286 Å². The molecule has 3 N–H and O–H groups in total. The van der Waals surface area contributed by atoms with Crippen molar-refractivity contribution in [1.82, 2.24) is 20.2 Å². The van der Waals surface area contributed by atoms with Gasteiger partial charge in [0.15, 0.2) is 11.6 Å². The Morgan fingerprint density at radius 3 is 2.86 bits per heavy atom. The van der Waals surface area contributed by atoms with Gasteiger partial charge in [-0.3, -0.25) is 4.90 Å². The lowest BCUT2D eigenvalue weighted by molar-refractivity contribution is 0.107. The molecule has 2 aromatic heterocycles. The van der Waals surface area contributed by atoms with Gasteiger partial charge in [-0.2, -0.15) is 15.2 Å². The minimum Gasteiger partial charge on any atom is -0.489 e. The van der Waals surface area contributed by atoms with E-state index in [2.05, 4.69) is 15.3 Å². The summed E-state index contributed by atoms with van der Waals surface area (Å²) in [6.45, 7) is 1.45. The van der Waals surface area contributed by atoms with Gasteiger partial charge in [0.05, 0.1) is 38.8 Å². The van der Waals surface area contributed by atoms with E-state index in [1.54, 1.807) is 0 Å². The number of anilines is 2. The molecule has 4 atom stereocenters. The van der Waals surface area contributed by atoms with Crippen molar-refractivity contribution < 1.29 is 31.4 Å². The van der Waals surface area contributed by atoms with Crippen LogP contribution in [0, 0.1) is 28.9 Å². The normalized spacial score (nSPS) is 25.3. The maximum atomic E-state index is 17.2. The lowest BCUT2D eigenvalue weighted by atomic mass is 9.95. The van der Waals surface area contributed by atoms with Crippen LogP contribution in [0.5, 0.6) is 11.8 Å². The first kappa shape index (κ1) is 32.5. The Morgan fingerprint density at radius 1 is 1.27 bits per heavy atom. The SMILES string of the molecule is N#Cc1c(N)sc2c(F)ccc(-c3c(Cl)c4c5c(nc(OC[C@@]67CCCN6C[C@H](F)C7)nc5c3F)N(CC(F)F)C(C3CCNC3)CO4)c12. The van der Waals surface area contributed by atoms with Crippen molar-refractivity contribution in [2.45, 2.75) is 49.9 Å². The second kappa shape index (κ2) is 12.3. The van der Waals surface area contributed by atoms with Gasteiger partial charge in [-0.1, -0.05) is 17.7 Å². The smallest absolute Gasteiger partial charge is 0.319 e. The molecule has 9 nitrogen and oxygen atoms in total. The summed E-state index contributed by atoms with van der Waals surface area (Å²) in [4.78, 5) is 12.6. The highest BCUT2D eigenvalue weighted by Gasteiger charge is 2.49. The molecule has 0 spiro atoms. The highest BCUT2D eigenvalue weighted by Crippen LogP contribution is 2.51. The van der Waals surface area contributed by atoms with E-state index in [0.29, 0.717) is 32.5 Å². The average Bonchev–Trinajstić information content (AvgIpc) is 3.84. The Bertz CT molecular complexity index is 2020. The fourth-order valence-corrected chi connectivity index (χ4v) is 9.50. The predicted molar refractivity (Wildman–Crippen MR) is 177 cm³/mol. The number of halogens is 6.